The Morgan fingerprint density at radius 3 is 2.28 bits per heavy atom. The summed E-state index contributed by atoms with van der Waals surface area (Å²) in [4.78, 5) is 0. The van der Waals surface area contributed by atoms with E-state index in [1.807, 2.05) is 0 Å². The minimum Gasteiger partial charge on any atom is -0.396 e. The normalized spacial score (nSPS) is 14.4. The molecule has 1 aromatic carbocycles. The second kappa shape index (κ2) is 8.28. The fourth-order valence-electron chi connectivity index (χ4n) is 2.43. The van der Waals surface area contributed by atoms with Crippen molar-refractivity contribution in [3.63, 3.8) is 0 Å². The molecule has 0 aliphatic rings. The van der Waals surface area contributed by atoms with Gasteiger partial charge in [0.25, 0.3) is 0 Å². The standard InChI is InChI=1S/C16H27NO/c1-3-5-13-6-8-16(9-7-13)15(4-2)10-14(11-17)12-18/h6-9,14-15,18H,3-5,10-12,17H2,1-2H3. The van der Waals surface area contributed by atoms with E-state index < -0.39 is 0 Å². The van der Waals surface area contributed by atoms with Gasteiger partial charge in [-0.05, 0) is 48.8 Å². The van der Waals surface area contributed by atoms with Gasteiger partial charge in [0, 0.05) is 6.61 Å². The number of benzene rings is 1. The van der Waals surface area contributed by atoms with Crippen LogP contribution in [0.2, 0.25) is 0 Å². The van der Waals surface area contributed by atoms with Crippen LogP contribution in [-0.2, 0) is 6.42 Å². The highest BCUT2D eigenvalue weighted by Crippen LogP contribution is 2.27. The largest absolute Gasteiger partial charge is 0.396 e. The summed E-state index contributed by atoms with van der Waals surface area (Å²) in [6, 6.07) is 8.95. The average molecular weight is 249 g/mol. The summed E-state index contributed by atoms with van der Waals surface area (Å²) >= 11 is 0. The summed E-state index contributed by atoms with van der Waals surface area (Å²) < 4.78 is 0. The van der Waals surface area contributed by atoms with Crippen molar-refractivity contribution in [2.75, 3.05) is 13.2 Å². The molecule has 0 aliphatic carbocycles. The molecule has 102 valence electrons. The second-order valence-electron chi connectivity index (χ2n) is 5.12. The van der Waals surface area contributed by atoms with Crippen molar-refractivity contribution >= 4 is 0 Å². The average Bonchev–Trinajstić information content (AvgIpc) is 2.42. The molecule has 0 spiro atoms. The Kier molecular flexibility index (Phi) is 6.99. The quantitative estimate of drug-likeness (QED) is 0.743. The van der Waals surface area contributed by atoms with E-state index >= 15 is 0 Å². The first-order valence-corrected chi connectivity index (χ1v) is 7.14. The zero-order valence-electron chi connectivity index (χ0n) is 11.7. The topological polar surface area (TPSA) is 46.2 Å². The van der Waals surface area contributed by atoms with Gasteiger partial charge in [-0.1, -0.05) is 44.5 Å². The molecule has 0 radical (unpaired) electrons. The Bertz CT molecular complexity index is 316. The van der Waals surface area contributed by atoms with E-state index in [2.05, 4.69) is 38.1 Å². The van der Waals surface area contributed by atoms with Gasteiger partial charge in [0.05, 0.1) is 0 Å². The van der Waals surface area contributed by atoms with Crippen molar-refractivity contribution in [2.45, 2.75) is 45.4 Å². The van der Waals surface area contributed by atoms with E-state index in [9.17, 15) is 5.11 Å². The Morgan fingerprint density at radius 1 is 1.17 bits per heavy atom. The number of nitrogens with two attached hydrogens (primary N) is 1. The van der Waals surface area contributed by atoms with Gasteiger partial charge >= 0.3 is 0 Å². The van der Waals surface area contributed by atoms with Crippen LogP contribution in [0.4, 0.5) is 0 Å². The number of hydrogen-bond donors (Lipinski definition) is 2. The molecular weight excluding hydrogens is 222 g/mol. The molecule has 2 unspecified atom stereocenters. The van der Waals surface area contributed by atoms with Crippen molar-refractivity contribution in [3.8, 4) is 0 Å². The van der Waals surface area contributed by atoms with Crippen molar-refractivity contribution in [1.29, 1.82) is 0 Å². The zero-order valence-corrected chi connectivity index (χ0v) is 11.7. The van der Waals surface area contributed by atoms with Gasteiger partial charge in [-0.15, -0.1) is 0 Å². The van der Waals surface area contributed by atoms with Gasteiger partial charge in [0.2, 0.25) is 0 Å². The molecule has 1 rings (SSSR count). The van der Waals surface area contributed by atoms with E-state index in [1.165, 1.54) is 17.5 Å². The number of aliphatic hydroxyl groups excluding tert-OH is 1. The van der Waals surface area contributed by atoms with E-state index in [-0.39, 0.29) is 12.5 Å². The molecule has 0 saturated carbocycles. The molecule has 18 heavy (non-hydrogen) atoms. The van der Waals surface area contributed by atoms with Crippen molar-refractivity contribution in [2.24, 2.45) is 11.7 Å². The maximum absolute atomic E-state index is 9.25. The molecule has 0 saturated heterocycles. The van der Waals surface area contributed by atoms with Crippen LogP contribution in [0.15, 0.2) is 24.3 Å². The molecule has 0 aliphatic heterocycles. The summed E-state index contributed by atoms with van der Waals surface area (Å²) in [7, 11) is 0. The highest BCUT2D eigenvalue weighted by atomic mass is 16.3. The summed E-state index contributed by atoms with van der Waals surface area (Å²) in [5, 5.41) is 9.25. The smallest absolute Gasteiger partial charge is 0.0471 e. The molecule has 0 fully saturated rings. The van der Waals surface area contributed by atoms with E-state index in [0.717, 1.165) is 19.3 Å². The van der Waals surface area contributed by atoms with Gasteiger partial charge < -0.3 is 10.8 Å². The van der Waals surface area contributed by atoms with Crippen LogP contribution < -0.4 is 5.73 Å². The summed E-state index contributed by atoms with van der Waals surface area (Å²) in [6.45, 7) is 5.17. The van der Waals surface area contributed by atoms with Gasteiger partial charge in [0.1, 0.15) is 0 Å². The lowest BCUT2D eigenvalue weighted by Crippen LogP contribution is -2.20. The third-order valence-electron chi connectivity index (χ3n) is 3.69. The predicted octanol–water partition coefficient (Wildman–Crippen LogP) is 3.09. The molecule has 2 heteroatoms. The Hall–Kier alpha value is -0.860. The molecule has 0 amide bonds. The fraction of sp³-hybridized carbons (Fsp3) is 0.625. The van der Waals surface area contributed by atoms with E-state index in [0.29, 0.717) is 12.5 Å². The van der Waals surface area contributed by atoms with Gasteiger partial charge in [-0.3, -0.25) is 0 Å². The maximum atomic E-state index is 9.25. The first-order chi connectivity index (χ1) is 8.74. The number of rotatable bonds is 8. The van der Waals surface area contributed by atoms with Gasteiger partial charge in [-0.25, -0.2) is 0 Å². The van der Waals surface area contributed by atoms with Crippen LogP contribution in [0.3, 0.4) is 0 Å². The monoisotopic (exact) mass is 249 g/mol. The molecule has 0 heterocycles. The Morgan fingerprint density at radius 2 is 1.83 bits per heavy atom. The molecular formula is C16H27NO. The lowest BCUT2D eigenvalue weighted by molar-refractivity contribution is 0.214. The van der Waals surface area contributed by atoms with E-state index in [4.69, 9.17) is 5.73 Å². The van der Waals surface area contributed by atoms with Crippen molar-refractivity contribution in [1.82, 2.24) is 0 Å². The summed E-state index contributed by atoms with van der Waals surface area (Å²) in [6.07, 6.45) is 4.43. The van der Waals surface area contributed by atoms with Crippen molar-refractivity contribution in [3.05, 3.63) is 35.4 Å². The predicted molar refractivity (Wildman–Crippen MR) is 77.7 cm³/mol. The highest BCUT2D eigenvalue weighted by molar-refractivity contribution is 5.25. The number of hydrogen-bond acceptors (Lipinski definition) is 2. The van der Waals surface area contributed by atoms with Crippen LogP contribution in [0.5, 0.6) is 0 Å². The summed E-state index contributed by atoms with van der Waals surface area (Å²) in [5.41, 5.74) is 8.46. The molecule has 2 nitrogen and oxygen atoms in total. The molecule has 3 N–H and O–H groups in total. The molecule has 1 aromatic rings. The Balaban J connectivity index is 2.69. The van der Waals surface area contributed by atoms with Gasteiger partial charge in [-0.2, -0.15) is 0 Å². The van der Waals surface area contributed by atoms with Crippen molar-refractivity contribution < 1.29 is 5.11 Å². The van der Waals surface area contributed by atoms with Crippen LogP contribution in [0.25, 0.3) is 0 Å². The summed E-state index contributed by atoms with van der Waals surface area (Å²) in [5.74, 6) is 0.742. The number of aliphatic hydroxyl groups is 1. The third-order valence-corrected chi connectivity index (χ3v) is 3.69. The first-order valence-electron chi connectivity index (χ1n) is 7.14. The minimum atomic E-state index is 0.195. The van der Waals surface area contributed by atoms with Crippen LogP contribution in [0.1, 0.15) is 50.2 Å². The first kappa shape index (κ1) is 15.2. The molecule has 2 atom stereocenters. The lowest BCUT2D eigenvalue weighted by atomic mass is 9.86. The SMILES string of the molecule is CCCc1ccc(C(CC)CC(CN)CO)cc1. The minimum absolute atomic E-state index is 0.195. The lowest BCUT2D eigenvalue weighted by Gasteiger charge is -2.20. The highest BCUT2D eigenvalue weighted by Gasteiger charge is 2.15. The fourth-order valence-corrected chi connectivity index (χ4v) is 2.43. The van der Waals surface area contributed by atoms with Crippen LogP contribution >= 0.6 is 0 Å². The Labute approximate surface area is 111 Å². The molecule has 0 aromatic heterocycles. The van der Waals surface area contributed by atoms with Crippen LogP contribution in [0, 0.1) is 5.92 Å². The second-order valence-corrected chi connectivity index (χ2v) is 5.12. The van der Waals surface area contributed by atoms with E-state index in [1.54, 1.807) is 0 Å². The molecule has 0 bridgehead atoms. The third kappa shape index (κ3) is 4.43. The number of aryl methyl sites for hydroxylation is 1. The maximum Gasteiger partial charge on any atom is 0.0471 e. The van der Waals surface area contributed by atoms with Crippen LogP contribution in [-0.4, -0.2) is 18.3 Å². The zero-order chi connectivity index (χ0) is 13.4. The van der Waals surface area contributed by atoms with Gasteiger partial charge in [0.15, 0.2) is 0 Å².